The highest BCUT2D eigenvalue weighted by molar-refractivity contribution is 5.76. The van der Waals surface area contributed by atoms with E-state index in [9.17, 15) is 4.79 Å². The number of carbonyl (C=O) groups excluding carboxylic acids is 1. The van der Waals surface area contributed by atoms with Gasteiger partial charge in [-0.05, 0) is 45.7 Å². The van der Waals surface area contributed by atoms with E-state index in [2.05, 4.69) is 24.1 Å². The maximum absolute atomic E-state index is 12.1. The molecule has 2 unspecified atom stereocenters. The smallest absolute Gasteiger partial charge is 0.324 e. The van der Waals surface area contributed by atoms with E-state index in [4.69, 9.17) is 4.74 Å². The van der Waals surface area contributed by atoms with Crippen molar-refractivity contribution in [3.05, 3.63) is 0 Å². The second kappa shape index (κ2) is 10.2. The molecule has 0 radical (unpaired) electrons. The monoisotopic (exact) mass is 284 g/mol. The summed E-state index contributed by atoms with van der Waals surface area (Å²) in [5.41, 5.74) is 0. The first-order valence-corrected chi connectivity index (χ1v) is 8.36. The summed E-state index contributed by atoms with van der Waals surface area (Å²) in [6.07, 6.45) is 7.36. The van der Waals surface area contributed by atoms with Crippen LogP contribution in [-0.4, -0.2) is 49.2 Å². The lowest BCUT2D eigenvalue weighted by Gasteiger charge is -2.32. The molecule has 0 saturated carbocycles. The van der Waals surface area contributed by atoms with Gasteiger partial charge in [0.2, 0.25) is 0 Å². The van der Waals surface area contributed by atoms with Crippen molar-refractivity contribution in [2.45, 2.75) is 71.4 Å². The number of rotatable bonds is 8. The molecule has 0 aliphatic carbocycles. The SMILES string of the molecule is CCCNC(CN1CCCCCC1CC)C(=O)OCC. The van der Waals surface area contributed by atoms with Crippen LogP contribution >= 0.6 is 0 Å². The van der Waals surface area contributed by atoms with Crippen molar-refractivity contribution in [1.82, 2.24) is 10.2 Å². The normalized spacial score (nSPS) is 22.2. The third-order valence-corrected chi connectivity index (χ3v) is 4.10. The molecule has 1 saturated heterocycles. The van der Waals surface area contributed by atoms with E-state index in [1.54, 1.807) is 0 Å². The van der Waals surface area contributed by atoms with Crippen LogP contribution in [0.15, 0.2) is 0 Å². The Kier molecular flexibility index (Phi) is 8.86. The number of nitrogens with zero attached hydrogens (tertiary/aromatic N) is 1. The molecule has 0 bridgehead atoms. The number of ether oxygens (including phenoxy) is 1. The van der Waals surface area contributed by atoms with E-state index in [0.29, 0.717) is 12.6 Å². The van der Waals surface area contributed by atoms with Crippen molar-refractivity contribution in [1.29, 1.82) is 0 Å². The zero-order valence-corrected chi connectivity index (χ0v) is 13.5. The molecule has 4 nitrogen and oxygen atoms in total. The third-order valence-electron chi connectivity index (χ3n) is 4.10. The molecule has 0 aromatic heterocycles. The van der Waals surface area contributed by atoms with E-state index >= 15 is 0 Å². The van der Waals surface area contributed by atoms with Gasteiger partial charge in [-0.15, -0.1) is 0 Å². The second-order valence-electron chi connectivity index (χ2n) is 5.67. The fraction of sp³-hybridized carbons (Fsp3) is 0.938. The molecule has 4 heteroatoms. The summed E-state index contributed by atoms with van der Waals surface area (Å²) in [5.74, 6) is -0.0972. The topological polar surface area (TPSA) is 41.6 Å². The zero-order valence-electron chi connectivity index (χ0n) is 13.5. The molecule has 1 aliphatic rings. The van der Waals surface area contributed by atoms with Gasteiger partial charge < -0.3 is 10.1 Å². The van der Waals surface area contributed by atoms with Gasteiger partial charge in [0, 0.05) is 12.6 Å². The van der Waals surface area contributed by atoms with Crippen LogP contribution in [0.5, 0.6) is 0 Å². The third kappa shape index (κ3) is 5.80. The number of carbonyl (C=O) groups is 1. The lowest BCUT2D eigenvalue weighted by atomic mass is 10.1. The minimum absolute atomic E-state index is 0.0972. The van der Waals surface area contributed by atoms with Crippen LogP contribution in [0.3, 0.4) is 0 Å². The first-order chi connectivity index (χ1) is 9.72. The van der Waals surface area contributed by atoms with E-state index in [0.717, 1.165) is 26.1 Å². The Hall–Kier alpha value is -0.610. The molecular weight excluding hydrogens is 252 g/mol. The molecule has 1 heterocycles. The van der Waals surface area contributed by atoms with Crippen LogP contribution in [-0.2, 0) is 9.53 Å². The molecule has 1 aliphatic heterocycles. The van der Waals surface area contributed by atoms with Gasteiger partial charge in [0.15, 0.2) is 0 Å². The minimum Gasteiger partial charge on any atom is -0.465 e. The molecule has 20 heavy (non-hydrogen) atoms. The number of esters is 1. The predicted octanol–water partition coefficient (Wildman–Crippen LogP) is 2.57. The summed E-state index contributed by atoms with van der Waals surface area (Å²) in [6, 6.07) is 0.444. The number of likely N-dealkylation sites (tertiary alicyclic amines) is 1. The highest BCUT2D eigenvalue weighted by Gasteiger charge is 2.26. The summed E-state index contributed by atoms with van der Waals surface area (Å²) >= 11 is 0. The number of nitrogens with one attached hydrogen (secondary N) is 1. The van der Waals surface area contributed by atoms with Crippen molar-refractivity contribution < 1.29 is 9.53 Å². The van der Waals surface area contributed by atoms with Gasteiger partial charge in [-0.1, -0.05) is 26.7 Å². The number of hydrogen-bond acceptors (Lipinski definition) is 4. The van der Waals surface area contributed by atoms with Crippen molar-refractivity contribution in [3.8, 4) is 0 Å². The molecule has 0 aromatic carbocycles. The van der Waals surface area contributed by atoms with Gasteiger partial charge >= 0.3 is 5.97 Å². The summed E-state index contributed by atoms with van der Waals surface area (Å²) in [4.78, 5) is 14.6. The molecule has 0 amide bonds. The average molecular weight is 284 g/mol. The summed E-state index contributed by atoms with van der Waals surface area (Å²) < 4.78 is 5.21. The Balaban J connectivity index is 2.61. The quantitative estimate of drug-likeness (QED) is 0.696. The Bertz CT molecular complexity index is 271. The van der Waals surface area contributed by atoms with Crippen molar-refractivity contribution >= 4 is 5.97 Å². The second-order valence-corrected chi connectivity index (χ2v) is 5.67. The van der Waals surface area contributed by atoms with Crippen molar-refractivity contribution in [2.75, 3.05) is 26.2 Å². The zero-order chi connectivity index (χ0) is 14.8. The van der Waals surface area contributed by atoms with Gasteiger partial charge in [0.1, 0.15) is 6.04 Å². The maximum Gasteiger partial charge on any atom is 0.324 e. The van der Waals surface area contributed by atoms with E-state index in [1.807, 2.05) is 6.92 Å². The minimum atomic E-state index is -0.179. The molecular formula is C16H32N2O2. The highest BCUT2D eigenvalue weighted by Crippen LogP contribution is 2.19. The van der Waals surface area contributed by atoms with Gasteiger partial charge in [-0.25, -0.2) is 0 Å². The van der Waals surface area contributed by atoms with Crippen LogP contribution < -0.4 is 5.32 Å². The molecule has 0 spiro atoms. The fourth-order valence-electron chi connectivity index (χ4n) is 2.96. The molecule has 2 atom stereocenters. The largest absolute Gasteiger partial charge is 0.465 e. The van der Waals surface area contributed by atoms with Crippen LogP contribution in [0, 0.1) is 0 Å². The van der Waals surface area contributed by atoms with E-state index in [-0.39, 0.29) is 12.0 Å². The Labute approximate surface area is 124 Å². The first-order valence-electron chi connectivity index (χ1n) is 8.36. The average Bonchev–Trinajstić information content (AvgIpc) is 2.68. The van der Waals surface area contributed by atoms with Crippen molar-refractivity contribution in [3.63, 3.8) is 0 Å². The van der Waals surface area contributed by atoms with Gasteiger partial charge in [0.25, 0.3) is 0 Å². The molecule has 1 rings (SSSR count). The molecule has 1 fully saturated rings. The standard InChI is InChI=1S/C16H32N2O2/c1-4-11-17-15(16(19)20-6-3)13-18-12-9-7-8-10-14(18)5-2/h14-15,17H,4-13H2,1-3H3. The summed E-state index contributed by atoms with van der Waals surface area (Å²) in [5, 5.41) is 3.35. The Morgan fingerprint density at radius 2 is 2.10 bits per heavy atom. The van der Waals surface area contributed by atoms with Crippen molar-refractivity contribution in [2.24, 2.45) is 0 Å². The van der Waals surface area contributed by atoms with E-state index < -0.39 is 0 Å². The lowest BCUT2D eigenvalue weighted by Crippen LogP contribution is -2.50. The molecule has 1 N–H and O–H groups in total. The van der Waals surface area contributed by atoms with Crippen LogP contribution in [0.2, 0.25) is 0 Å². The van der Waals surface area contributed by atoms with Crippen LogP contribution in [0.4, 0.5) is 0 Å². The first kappa shape index (κ1) is 17.4. The van der Waals surface area contributed by atoms with E-state index in [1.165, 1.54) is 32.1 Å². The Morgan fingerprint density at radius 3 is 2.75 bits per heavy atom. The van der Waals surface area contributed by atoms with Gasteiger partial charge in [0.05, 0.1) is 6.61 Å². The van der Waals surface area contributed by atoms with Gasteiger partial charge in [-0.3, -0.25) is 9.69 Å². The lowest BCUT2D eigenvalue weighted by molar-refractivity contribution is -0.146. The maximum atomic E-state index is 12.1. The summed E-state index contributed by atoms with van der Waals surface area (Å²) in [7, 11) is 0. The van der Waals surface area contributed by atoms with Crippen LogP contribution in [0.25, 0.3) is 0 Å². The summed E-state index contributed by atoms with van der Waals surface area (Å²) in [6.45, 7) is 9.47. The van der Waals surface area contributed by atoms with Gasteiger partial charge in [-0.2, -0.15) is 0 Å². The van der Waals surface area contributed by atoms with Crippen LogP contribution in [0.1, 0.15) is 59.3 Å². The predicted molar refractivity (Wildman–Crippen MR) is 82.8 cm³/mol. The fourth-order valence-corrected chi connectivity index (χ4v) is 2.96. The highest BCUT2D eigenvalue weighted by atomic mass is 16.5. The molecule has 118 valence electrons. The number of hydrogen-bond donors (Lipinski definition) is 1. The molecule has 0 aromatic rings. The Morgan fingerprint density at radius 1 is 1.30 bits per heavy atom.